The minimum atomic E-state index is -2.45. The van der Waals surface area contributed by atoms with Gasteiger partial charge in [-0.3, -0.25) is 24.0 Å². The van der Waals surface area contributed by atoms with Crippen LogP contribution >= 0.6 is 0 Å². The molecule has 228 valence electrons. The molecule has 2 aliphatic carbocycles. The maximum Gasteiger partial charge on any atom is 0.350 e. The van der Waals surface area contributed by atoms with Crippen LogP contribution in [0, 0.1) is 33.5 Å². The maximum atomic E-state index is 14.4. The Hall–Kier alpha value is -3.55. The van der Waals surface area contributed by atoms with Crippen molar-refractivity contribution in [1.82, 2.24) is 0 Å². The van der Waals surface area contributed by atoms with Crippen molar-refractivity contribution in [3.63, 3.8) is 0 Å². The second-order valence-corrected chi connectivity index (χ2v) is 13.1. The van der Waals surface area contributed by atoms with Gasteiger partial charge in [0.1, 0.15) is 28.1 Å². The number of rotatable bonds is 4. The quantitative estimate of drug-likeness (QED) is 0.317. The highest BCUT2D eigenvalue weighted by atomic mass is 16.8. The summed E-state index contributed by atoms with van der Waals surface area (Å²) in [5.74, 6) is -8.53. The van der Waals surface area contributed by atoms with Gasteiger partial charge >= 0.3 is 35.8 Å². The maximum absolute atomic E-state index is 14.4. The highest BCUT2D eigenvalue weighted by molar-refractivity contribution is 6.04. The van der Waals surface area contributed by atoms with Crippen molar-refractivity contribution in [3.05, 3.63) is 0 Å². The molecule has 0 aromatic rings. The summed E-state index contributed by atoms with van der Waals surface area (Å²) in [5, 5.41) is 0. The van der Waals surface area contributed by atoms with Crippen LogP contribution in [0.5, 0.6) is 0 Å². The fourth-order valence-electron chi connectivity index (χ4n) is 9.92. The Balaban J connectivity index is 1.82. The Morgan fingerprint density at radius 3 is 1.90 bits per heavy atom. The Kier molecular flexibility index (Phi) is 5.50. The molecule has 4 aliphatic heterocycles. The molecule has 0 amide bonds. The van der Waals surface area contributed by atoms with E-state index in [4.69, 9.17) is 33.2 Å². The number of hydrogen-bond acceptors (Lipinski definition) is 14. The van der Waals surface area contributed by atoms with Crippen LogP contribution < -0.4 is 0 Å². The number of fused-ring (bicyclic) bond motifs is 1. The van der Waals surface area contributed by atoms with Crippen molar-refractivity contribution in [2.75, 3.05) is 0 Å². The van der Waals surface area contributed by atoms with E-state index in [1.54, 1.807) is 20.8 Å². The molecular weight excluding hydrogens is 560 g/mol. The van der Waals surface area contributed by atoms with Crippen LogP contribution in [0.3, 0.4) is 0 Å². The lowest BCUT2D eigenvalue weighted by atomic mass is 9.49. The molecule has 42 heavy (non-hydrogen) atoms. The van der Waals surface area contributed by atoms with Gasteiger partial charge in [0.15, 0.2) is 23.9 Å². The summed E-state index contributed by atoms with van der Waals surface area (Å²) >= 11 is 0. The summed E-state index contributed by atoms with van der Waals surface area (Å²) in [7, 11) is 0. The van der Waals surface area contributed by atoms with Crippen LogP contribution in [-0.2, 0) is 66.7 Å². The lowest BCUT2D eigenvalue weighted by molar-refractivity contribution is -0.223. The van der Waals surface area contributed by atoms with E-state index < -0.39 is 118 Å². The van der Waals surface area contributed by atoms with Crippen molar-refractivity contribution in [3.8, 4) is 0 Å². The predicted molar refractivity (Wildman–Crippen MR) is 130 cm³/mol. The Morgan fingerprint density at radius 2 is 1.38 bits per heavy atom. The van der Waals surface area contributed by atoms with Gasteiger partial charge in [-0.25, -0.2) is 9.59 Å². The SMILES string of the molecule is CC(=O)O[C@H]1[C@H]2OC(=O)[C@@]34O[C@H]5OC(=O)[C@H](OC(C)=O)[C@]5([C@@H]1C(C)(C)C)[C@]23[C@@H](OC(C)=O)[C@@H]1OC(=O)[C@@H](C)[C@@]14C(C)=O. The smallest absolute Gasteiger partial charge is 0.350 e. The van der Waals surface area contributed by atoms with E-state index in [1.165, 1.54) is 6.92 Å². The molecule has 14 nitrogen and oxygen atoms in total. The number of ketones is 1. The second kappa shape index (κ2) is 8.08. The summed E-state index contributed by atoms with van der Waals surface area (Å²) in [4.78, 5) is 93.0. The van der Waals surface area contributed by atoms with Crippen molar-refractivity contribution in [2.24, 2.45) is 33.5 Å². The first-order valence-corrected chi connectivity index (χ1v) is 13.7. The van der Waals surface area contributed by atoms with Crippen LogP contribution in [0.2, 0.25) is 0 Å². The average Bonchev–Trinajstić information content (AvgIpc) is 3.54. The molecule has 0 bridgehead atoms. The molecule has 0 aromatic heterocycles. The Morgan fingerprint density at radius 1 is 0.786 bits per heavy atom. The summed E-state index contributed by atoms with van der Waals surface area (Å²) in [6.45, 7) is 11.2. The molecular formula is C28H32O14. The third-order valence-corrected chi connectivity index (χ3v) is 10.4. The zero-order valence-electron chi connectivity index (χ0n) is 24.3. The van der Waals surface area contributed by atoms with E-state index in [2.05, 4.69) is 0 Å². The summed E-state index contributed by atoms with van der Waals surface area (Å²) < 4.78 is 41.5. The number of hydrogen-bond donors (Lipinski definition) is 0. The van der Waals surface area contributed by atoms with Gasteiger partial charge < -0.3 is 33.2 Å². The minimum absolute atomic E-state index is 0.703. The zero-order chi connectivity index (χ0) is 31.1. The molecule has 6 aliphatic rings. The molecule has 0 N–H and O–H groups in total. The molecule has 6 fully saturated rings. The molecule has 6 rings (SSSR count). The topological polar surface area (TPSA) is 184 Å². The van der Waals surface area contributed by atoms with Crippen LogP contribution in [0.15, 0.2) is 0 Å². The number of Topliss-reactive ketones (excluding diaryl/α,β-unsaturated/α-hetero) is 1. The lowest BCUT2D eigenvalue weighted by Crippen LogP contribution is -2.66. The molecule has 0 aromatic carbocycles. The number of carbonyl (C=O) groups excluding carboxylic acids is 7. The molecule has 14 heteroatoms. The van der Waals surface area contributed by atoms with Crippen LogP contribution in [0.25, 0.3) is 0 Å². The van der Waals surface area contributed by atoms with Crippen molar-refractivity contribution >= 4 is 41.6 Å². The monoisotopic (exact) mass is 592 g/mol. The first-order chi connectivity index (χ1) is 19.4. The van der Waals surface area contributed by atoms with Crippen LogP contribution in [-0.4, -0.2) is 84.0 Å². The van der Waals surface area contributed by atoms with Crippen LogP contribution in [0.1, 0.15) is 55.4 Å². The van der Waals surface area contributed by atoms with Gasteiger partial charge in [-0.05, 0) is 12.3 Å². The minimum Gasteiger partial charge on any atom is -0.458 e. The Bertz CT molecular complexity index is 1380. The Labute approximate surface area is 239 Å². The largest absolute Gasteiger partial charge is 0.458 e. The van der Waals surface area contributed by atoms with E-state index in [0.717, 1.165) is 27.7 Å². The van der Waals surface area contributed by atoms with Gasteiger partial charge in [-0.2, -0.15) is 0 Å². The molecule has 4 saturated heterocycles. The third-order valence-electron chi connectivity index (χ3n) is 10.4. The summed E-state index contributed by atoms with van der Waals surface area (Å²) in [6, 6.07) is 0. The van der Waals surface area contributed by atoms with E-state index in [-0.39, 0.29) is 0 Å². The highest BCUT2D eigenvalue weighted by Crippen LogP contribution is 2.87. The number of ether oxygens (including phenoxy) is 7. The van der Waals surface area contributed by atoms with Crippen molar-refractivity contribution < 1.29 is 66.7 Å². The van der Waals surface area contributed by atoms with Crippen molar-refractivity contribution in [2.45, 2.75) is 97.8 Å². The highest BCUT2D eigenvalue weighted by Gasteiger charge is 3.07. The van der Waals surface area contributed by atoms with Crippen LogP contribution in [0.4, 0.5) is 0 Å². The number of carbonyl (C=O) groups is 7. The fraction of sp³-hybridized carbons (Fsp3) is 0.750. The van der Waals surface area contributed by atoms with E-state index in [1.807, 2.05) is 0 Å². The van der Waals surface area contributed by atoms with Gasteiger partial charge in [0.05, 0.1) is 5.92 Å². The normalized spacial score (nSPS) is 47.5. The van der Waals surface area contributed by atoms with E-state index >= 15 is 0 Å². The van der Waals surface area contributed by atoms with Gasteiger partial charge in [0, 0.05) is 26.7 Å². The molecule has 2 spiro atoms. The second-order valence-electron chi connectivity index (χ2n) is 13.1. The van der Waals surface area contributed by atoms with Gasteiger partial charge in [-0.15, -0.1) is 0 Å². The molecule has 2 saturated carbocycles. The van der Waals surface area contributed by atoms with Gasteiger partial charge in [0.25, 0.3) is 0 Å². The molecule has 0 unspecified atom stereocenters. The van der Waals surface area contributed by atoms with E-state index in [0.29, 0.717) is 0 Å². The first-order valence-electron chi connectivity index (χ1n) is 13.7. The average molecular weight is 593 g/mol. The lowest BCUT2D eigenvalue weighted by Gasteiger charge is -2.48. The fourth-order valence-corrected chi connectivity index (χ4v) is 9.92. The summed E-state index contributed by atoms with van der Waals surface area (Å²) in [5.41, 5.74) is -9.53. The zero-order valence-corrected chi connectivity index (χ0v) is 24.3. The van der Waals surface area contributed by atoms with E-state index in [9.17, 15) is 33.6 Å². The third kappa shape index (κ3) is 2.61. The number of esters is 6. The molecule has 0 radical (unpaired) electrons. The molecule has 12 atom stereocenters. The summed E-state index contributed by atoms with van der Waals surface area (Å²) in [6.07, 6.45) is -9.51. The predicted octanol–water partition coefficient (Wildman–Crippen LogP) is 0.158. The van der Waals surface area contributed by atoms with Gasteiger partial charge in [-0.1, -0.05) is 27.7 Å². The van der Waals surface area contributed by atoms with Crippen molar-refractivity contribution in [1.29, 1.82) is 0 Å². The standard InChI is InChI=1S/C28H32O14/c1-9-20(33)39-17-18(37-12(4)31)27-16-14(36-11(3)30)15(24(6,7)8)26(27)19(38-13(5)32)21(34)41-23(26)42-28(27,22(35)40-16)25(9,17)10(2)29/h9,14-19,23H,1-8H3/t9-,14-,15+,16-,17+,18+,19+,23-,25-,26+,27-,28+/m1/s1. The first kappa shape index (κ1) is 28.6. The van der Waals surface area contributed by atoms with Gasteiger partial charge in [0.2, 0.25) is 12.4 Å². The molecule has 4 heterocycles.